The summed E-state index contributed by atoms with van der Waals surface area (Å²) in [5.74, 6) is 0.0531. The van der Waals surface area contributed by atoms with Crippen LogP contribution in [0.15, 0.2) is 29.9 Å². The van der Waals surface area contributed by atoms with Crippen LogP contribution in [-0.4, -0.2) is 17.4 Å². The summed E-state index contributed by atoms with van der Waals surface area (Å²) in [6.07, 6.45) is 1.74. The first-order chi connectivity index (χ1) is 8.65. The molecule has 1 aromatic heterocycles. The number of nitrogens with zero attached hydrogens (tertiary/aromatic N) is 2. The standard InChI is InChI=1S/C14H16N2OS/c1-4-16(12-8-15-9-18-12)14(17)13-10(2)6-5-7-11(13)3/h5-9H,4H2,1-3H3. The van der Waals surface area contributed by atoms with Crippen LogP contribution in [0.25, 0.3) is 0 Å². The van der Waals surface area contributed by atoms with E-state index in [1.54, 1.807) is 16.6 Å². The summed E-state index contributed by atoms with van der Waals surface area (Å²) >= 11 is 1.48. The molecule has 0 spiro atoms. The van der Waals surface area contributed by atoms with Crippen molar-refractivity contribution < 1.29 is 4.79 Å². The summed E-state index contributed by atoms with van der Waals surface area (Å²) in [4.78, 5) is 18.4. The van der Waals surface area contributed by atoms with Crippen LogP contribution in [0.3, 0.4) is 0 Å². The number of amides is 1. The van der Waals surface area contributed by atoms with E-state index in [2.05, 4.69) is 4.98 Å². The van der Waals surface area contributed by atoms with Crippen LogP contribution in [0.5, 0.6) is 0 Å². The fraction of sp³-hybridized carbons (Fsp3) is 0.286. The van der Waals surface area contributed by atoms with Gasteiger partial charge in [-0.3, -0.25) is 14.7 Å². The lowest BCUT2D eigenvalue weighted by Crippen LogP contribution is -2.31. The first kappa shape index (κ1) is 12.8. The topological polar surface area (TPSA) is 33.2 Å². The molecule has 2 rings (SSSR count). The molecule has 0 atom stereocenters. The quantitative estimate of drug-likeness (QED) is 0.847. The largest absolute Gasteiger partial charge is 0.299 e. The molecule has 18 heavy (non-hydrogen) atoms. The van der Waals surface area contributed by atoms with Crippen molar-refractivity contribution in [2.45, 2.75) is 20.8 Å². The first-order valence-corrected chi connectivity index (χ1v) is 6.79. The molecule has 0 saturated carbocycles. The Morgan fingerprint density at radius 3 is 2.50 bits per heavy atom. The number of carbonyl (C=O) groups is 1. The highest BCUT2D eigenvalue weighted by atomic mass is 32.1. The lowest BCUT2D eigenvalue weighted by Gasteiger charge is -2.20. The molecule has 0 aliphatic heterocycles. The van der Waals surface area contributed by atoms with E-state index in [-0.39, 0.29) is 5.91 Å². The molecular formula is C14H16N2OS. The summed E-state index contributed by atoms with van der Waals surface area (Å²) in [7, 11) is 0. The summed E-state index contributed by atoms with van der Waals surface area (Å²) < 4.78 is 0. The van der Waals surface area contributed by atoms with Gasteiger partial charge in [0.25, 0.3) is 5.91 Å². The van der Waals surface area contributed by atoms with E-state index < -0.39 is 0 Å². The molecule has 0 saturated heterocycles. The fourth-order valence-electron chi connectivity index (χ4n) is 2.03. The highest BCUT2D eigenvalue weighted by Crippen LogP contribution is 2.23. The molecule has 0 aliphatic carbocycles. The molecule has 2 aromatic rings. The summed E-state index contributed by atoms with van der Waals surface area (Å²) in [5, 5.41) is 0.894. The Morgan fingerprint density at radius 2 is 2.00 bits per heavy atom. The van der Waals surface area contributed by atoms with Gasteiger partial charge in [0.05, 0.1) is 11.7 Å². The van der Waals surface area contributed by atoms with Gasteiger partial charge in [-0.1, -0.05) is 18.2 Å². The number of hydrogen-bond acceptors (Lipinski definition) is 3. The van der Waals surface area contributed by atoms with Crippen LogP contribution < -0.4 is 4.90 Å². The highest BCUT2D eigenvalue weighted by Gasteiger charge is 2.20. The molecule has 0 unspecified atom stereocenters. The molecule has 0 radical (unpaired) electrons. The SMILES string of the molecule is CCN(C(=O)c1c(C)cccc1C)c1cncs1. The summed E-state index contributed by atoms with van der Waals surface area (Å²) in [6.45, 7) is 6.57. The van der Waals surface area contributed by atoms with Gasteiger partial charge in [0, 0.05) is 12.1 Å². The van der Waals surface area contributed by atoms with E-state index in [1.165, 1.54) is 11.3 Å². The Balaban J connectivity index is 2.41. The third-order valence-electron chi connectivity index (χ3n) is 2.94. The van der Waals surface area contributed by atoms with E-state index >= 15 is 0 Å². The second-order valence-electron chi connectivity index (χ2n) is 4.16. The Kier molecular flexibility index (Phi) is 3.77. The molecule has 1 amide bonds. The Bertz CT molecular complexity index is 529. The molecule has 0 N–H and O–H groups in total. The van der Waals surface area contributed by atoms with Gasteiger partial charge in [0.2, 0.25) is 0 Å². The second kappa shape index (κ2) is 5.31. The van der Waals surface area contributed by atoms with Crippen molar-refractivity contribution in [3.8, 4) is 0 Å². The van der Waals surface area contributed by atoms with Gasteiger partial charge >= 0.3 is 0 Å². The van der Waals surface area contributed by atoms with Gasteiger partial charge in [-0.25, -0.2) is 0 Å². The number of thiazole rings is 1. The summed E-state index contributed by atoms with van der Waals surface area (Å²) in [5.41, 5.74) is 4.58. The molecular weight excluding hydrogens is 244 g/mol. The lowest BCUT2D eigenvalue weighted by molar-refractivity contribution is 0.0987. The monoisotopic (exact) mass is 260 g/mol. The average molecular weight is 260 g/mol. The van der Waals surface area contributed by atoms with E-state index in [4.69, 9.17) is 0 Å². The van der Waals surface area contributed by atoms with Gasteiger partial charge in [0.1, 0.15) is 5.00 Å². The predicted molar refractivity (Wildman–Crippen MR) is 75.4 cm³/mol. The first-order valence-electron chi connectivity index (χ1n) is 5.91. The number of aryl methyl sites for hydroxylation is 2. The van der Waals surface area contributed by atoms with Crippen LogP contribution in [0, 0.1) is 13.8 Å². The summed E-state index contributed by atoms with van der Waals surface area (Å²) in [6, 6.07) is 5.92. The maximum atomic E-state index is 12.6. The van der Waals surface area contributed by atoms with Crippen molar-refractivity contribution in [2.24, 2.45) is 0 Å². The second-order valence-corrected chi connectivity index (χ2v) is 5.02. The molecule has 4 heteroatoms. The molecule has 1 heterocycles. The smallest absolute Gasteiger partial charge is 0.259 e. The Hall–Kier alpha value is -1.68. The van der Waals surface area contributed by atoms with Crippen molar-refractivity contribution in [1.82, 2.24) is 4.98 Å². The molecule has 3 nitrogen and oxygen atoms in total. The minimum absolute atomic E-state index is 0.0531. The van der Waals surface area contributed by atoms with E-state index in [0.29, 0.717) is 6.54 Å². The zero-order chi connectivity index (χ0) is 13.1. The Labute approximate surface area is 111 Å². The number of carbonyl (C=O) groups excluding carboxylic acids is 1. The van der Waals surface area contributed by atoms with Crippen LogP contribution >= 0.6 is 11.3 Å². The van der Waals surface area contributed by atoms with Gasteiger partial charge in [-0.05, 0) is 31.9 Å². The molecule has 1 aromatic carbocycles. The third-order valence-corrected chi connectivity index (χ3v) is 3.74. The normalized spacial score (nSPS) is 10.4. The van der Waals surface area contributed by atoms with Crippen molar-refractivity contribution in [2.75, 3.05) is 11.4 Å². The van der Waals surface area contributed by atoms with Crippen LogP contribution in [0.1, 0.15) is 28.4 Å². The van der Waals surface area contributed by atoms with Crippen LogP contribution in [-0.2, 0) is 0 Å². The molecule has 0 bridgehead atoms. The van der Waals surface area contributed by atoms with E-state index in [1.807, 2.05) is 39.0 Å². The van der Waals surface area contributed by atoms with Crippen LogP contribution in [0.4, 0.5) is 5.00 Å². The highest BCUT2D eigenvalue weighted by molar-refractivity contribution is 7.14. The predicted octanol–water partition coefficient (Wildman–Crippen LogP) is 3.43. The molecule has 0 fully saturated rings. The van der Waals surface area contributed by atoms with Gasteiger partial charge in [0.15, 0.2) is 0 Å². The maximum Gasteiger partial charge on any atom is 0.259 e. The zero-order valence-electron chi connectivity index (χ0n) is 10.8. The van der Waals surface area contributed by atoms with E-state index in [0.717, 1.165) is 21.7 Å². The van der Waals surface area contributed by atoms with Crippen LogP contribution in [0.2, 0.25) is 0 Å². The third kappa shape index (κ3) is 2.29. The lowest BCUT2D eigenvalue weighted by atomic mass is 10.0. The maximum absolute atomic E-state index is 12.6. The number of hydrogen-bond donors (Lipinski definition) is 0. The minimum Gasteiger partial charge on any atom is -0.299 e. The van der Waals surface area contributed by atoms with E-state index in [9.17, 15) is 4.79 Å². The van der Waals surface area contributed by atoms with Gasteiger partial charge < -0.3 is 0 Å². The number of aromatic nitrogens is 1. The van der Waals surface area contributed by atoms with Gasteiger partial charge in [-0.2, -0.15) is 0 Å². The minimum atomic E-state index is 0.0531. The number of anilines is 1. The number of benzene rings is 1. The van der Waals surface area contributed by atoms with Crippen molar-refractivity contribution >= 4 is 22.2 Å². The van der Waals surface area contributed by atoms with Crippen molar-refractivity contribution in [3.05, 3.63) is 46.6 Å². The number of rotatable bonds is 3. The molecule has 0 aliphatic rings. The van der Waals surface area contributed by atoms with Gasteiger partial charge in [-0.15, -0.1) is 11.3 Å². The van der Waals surface area contributed by atoms with Crippen molar-refractivity contribution in [3.63, 3.8) is 0 Å². The molecule has 94 valence electrons. The van der Waals surface area contributed by atoms with Crippen molar-refractivity contribution in [1.29, 1.82) is 0 Å². The Morgan fingerprint density at radius 1 is 1.33 bits per heavy atom. The average Bonchev–Trinajstić information content (AvgIpc) is 2.83. The zero-order valence-corrected chi connectivity index (χ0v) is 11.6. The fourth-order valence-corrected chi connectivity index (χ4v) is 2.72.